The zero-order chi connectivity index (χ0) is 10.6. The molecule has 0 fully saturated rings. The van der Waals surface area contributed by atoms with Crippen LogP contribution in [0.25, 0.3) is 0 Å². The van der Waals surface area contributed by atoms with Gasteiger partial charge in [-0.15, -0.1) is 0 Å². The Morgan fingerprint density at radius 2 is 2.29 bits per heavy atom. The van der Waals surface area contributed by atoms with Crippen LogP contribution in [0.1, 0.15) is 12.6 Å². The maximum atomic E-state index is 11.1. The Balaban J connectivity index is 2.36. The first-order chi connectivity index (χ1) is 6.53. The quantitative estimate of drug-likeness (QED) is 0.749. The van der Waals surface area contributed by atoms with Crippen molar-refractivity contribution in [2.75, 3.05) is 12.3 Å². The van der Waals surface area contributed by atoms with Gasteiger partial charge in [0.2, 0.25) is 10.0 Å². The smallest absolute Gasteiger partial charge is 0.211 e. The van der Waals surface area contributed by atoms with Crippen LogP contribution < -0.4 is 4.72 Å². The average Bonchev–Trinajstić information content (AvgIpc) is 2.51. The van der Waals surface area contributed by atoms with E-state index in [0.717, 1.165) is 5.69 Å². The number of hydrogen-bond acceptors (Lipinski definition) is 3. The summed E-state index contributed by atoms with van der Waals surface area (Å²) in [5, 5.41) is 4.14. The van der Waals surface area contributed by atoms with Crippen molar-refractivity contribution in [1.82, 2.24) is 14.5 Å². The Morgan fingerprint density at radius 1 is 1.57 bits per heavy atom. The Labute approximate surface area is 84.2 Å². The van der Waals surface area contributed by atoms with Crippen molar-refractivity contribution < 1.29 is 8.42 Å². The summed E-state index contributed by atoms with van der Waals surface area (Å²) in [7, 11) is -1.23. The fraction of sp³-hybridized carbons (Fsp3) is 0.625. The van der Waals surface area contributed by atoms with Gasteiger partial charge in [0.1, 0.15) is 0 Å². The SMILES string of the molecule is CCS(=O)(=O)NCCc1ccn(C)n1. The van der Waals surface area contributed by atoms with E-state index in [2.05, 4.69) is 9.82 Å². The molecule has 0 spiro atoms. The molecule has 6 heteroatoms. The Kier molecular flexibility index (Phi) is 3.65. The molecule has 0 aliphatic heterocycles. The standard InChI is InChI=1S/C8H15N3O2S/c1-3-14(12,13)9-6-4-8-5-7-11(2)10-8/h5,7,9H,3-4,6H2,1-2H3. The van der Waals surface area contributed by atoms with Gasteiger partial charge in [-0.25, -0.2) is 13.1 Å². The molecular weight excluding hydrogens is 202 g/mol. The summed E-state index contributed by atoms with van der Waals surface area (Å²) < 4.78 is 26.3. The van der Waals surface area contributed by atoms with Crippen molar-refractivity contribution in [3.05, 3.63) is 18.0 Å². The first kappa shape index (κ1) is 11.2. The Morgan fingerprint density at radius 3 is 2.79 bits per heavy atom. The highest BCUT2D eigenvalue weighted by Gasteiger charge is 2.05. The lowest BCUT2D eigenvalue weighted by atomic mass is 10.3. The van der Waals surface area contributed by atoms with Gasteiger partial charge in [-0.1, -0.05) is 0 Å². The number of aryl methyl sites for hydroxylation is 1. The highest BCUT2D eigenvalue weighted by Crippen LogP contribution is 1.94. The highest BCUT2D eigenvalue weighted by atomic mass is 32.2. The molecule has 1 aromatic heterocycles. The van der Waals surface area contributed by atoms with Crippen molar-refractivity contribution in [2.24, 2.45) is 7.05 Å². The van der Waals surface area contributed by atoms with E-state index in [0.29, 0.717) is 13.0 Å². The summed E-state index contributed by atoms with van der Waals surface area (Å²) in [5.41, 5.74) is 0.895. The minimum Gasteiger partial charge on any atom is -0.276 e. The second-order valence-electron chi connectivity index (χ2n) is 3.03. The lowest BCUT2D eigenvalue weighted by molar-refractivity contribution is 0.582. The number of nitrogens with one attached hydrogen (secondary N) is 1. The van der Waals surface area contributed by atoms with Crippen LogP contribution in [0.4, 0.5) is 0 Å². The molecule has 5 nitrogen and oxygen atoms in total. The summed E-state index contributed by atoms with van der Waals surface area (Å²) in [6.45, 7) is 2.02. The molecule has 1 aromatic rings. The van der Waals surface area contributed by atoms with Crippen LogP contribution in [-0.4, -0.2) is 30.5 Å². The first-order valence-corrected chi connectivity index (χ1v) is 6.14. The number of rotatable bonds is 5. The third-order valence-electron chi connectivity index (χ3n) is 1.85. The van der Waals surface area contributed by atoms with E-state index in [1.54, 1.807) is 11.6 Å². The van der Waals surface area contributed by atoms with Crippen LogP contribution in [0.15, 0.2) is 12.3 Å². The summed E-state index contributed by atoms with van der Waals surface area (Å²) in [5.74, 6) is 0.120. The molecule has 0 radical (unpaired) electrons. The molecule has 0 aromatic carbocycles. The summed E-state index contributed by atoms with van der Waals surface area (Å²) >= 11 is 0. The zero-order valence-electron chi connectivity index (χ0n) is 8.40. The van der Waals surface area contributed by atoms with Crippen LogP contribution in [0.2, 0.25) is 0 Å². The van der Waals surface area contributed by atoms with Crippen molar-refractivity contribution in [3.63, 3.8) is 0 Å². The second kappa shape index (κ2) is 4.56. The highest BCUT2D eigenvalue weighted by molar-refractivity contribution is 7.89. The number of nitrogens with zero attached hydrogens (tertiary/aromatic N) is 2. The van der Waals surface area contributed by atoms with Gasteiger partial charge in [-0.05, 0) is 13.0 Å². The van der Waals surface area contributed by atoms with Gasteiger partial charge in [0.05, 0.1) is 11.4 Å². The molecule has 14 heavy (non-hydrogen) atoms. The lowest BCUT2D eigenvalue weighted by Gasteiger charge is -2.01. The van der Waals surface area contributed by atoms with Gasteiger partial charge in [0.15, 0.2) is 0 Å². The summed E-state index contributed by atoms with van der Waals surface area (Å²) in [6, 6.07) is 1.88. The van der Waals surface area contributed by atoms with Crippen LogP contribution in [0.3, 0.4) is 0 Å². The molecule has 0 aliphatic carbocycles. The van der Waals surface area contributed by atoms with Gasteiger partial charge in [0.25, 0.3) is 0 Å². The van der Waals surface area contributed by atoms with E-state index in [1.807, 2.05) is 19.3 Å². The molecule has 0 bridgehead atoms. The van der Waals surface area contributed by atoms with Crippen molar-refractivity contribution in [1.29, 1.82) is 0 Å². The Bertz CT molecular complexity index is 383. The van der Waals surface area contributed by atoms with Crippen LogP contribution in [0, 0.1) is 0 Å². The van der Waals surface area contributed by atoms with E-state index in [1.165, 1.54) is 0 Å². The van der Waals surface area contributed by atoms with Gasteiger partial charge < -0.3 is 0 Å². The van der Waals surface area contributed by atoms with Crippen LogP contribution in [0.5, 0.6) is 0 Å². The summed E-state index contributed by atoms with van der Waals surface area (Å²) in [4.78, 5) is 0. The number of aromatic nitrogens is 2. The minimum absolute atomic E-state index is 0.120. The molecule has 0 aliphatic rings. The number of hydrogen-bond donors (Lipinski definition) is 1. The van der Waals surface area contributed by atoms with Gasteiger partial charge in [-0.2, -0.15) is 5.10 Å². The molecule has 0 saturated heterocycles. The molecule has 0 saturated carbocycles. The van der Waals surface area contributed by atoms with Crippen LogP contribution in [-0.2, 0) is 23.5 Å². The molecule has 0 amide bonds. The number of sulfonamides is 1. The van der Waals surface area contributed by atoms with E-state index in [4.69, 9.17) is 0 Å². The molecule has 80 valence electrons. The minimum atomic E-state index is -3.07. The van der Waals surface area contributed by atoms with Crippen molar-refractivity contribution >= 4 is 10.0 Å². The van der Waals surface area contributed by atoms with Gasteiger partial charge >= 0.3 is 0 Å². The maximum absolute atomic E-state index is 11.1. The van der Waals surface area contributed by atoms with Crippen molar-refractivity contribution in [3.8, 4) is 0 Å². The van der Waals surface area contributed by atoms with E-state index < -0.39 is 10.0 Å². The topological polar surface area (TPSA) is 64.0 Å². The normalized spacial score (nSPS) is 11.9. The molecule has 0 atom stereocenters. The zero-order valence-corrected chi connectivity index (χ0v) is 9.21. The lowest BCUT2D eigenvalue weighted by Crippen LogP contribution is -2.27. The monoisotopic (exact) mass is 217 g/mol. The van der Waals surface area contributed by atoms with Gasteiger partial charge in [-0.3, -0.25) is 4.68 Å². The predicted molar refractivity (Wildman–Crippen MR) is 54.4 cm³/mol. The molecule has 1 heterocycles. The van der Waals surface area contributed by atoms with Crippen LogP contribution >= 0.6 is 0 Å². The van der Waals surface area contributed by atoms with Gasteiger partial charge in [0, 0.05) is 26.2 Å². The second-order valence-corrected chi connectivity index (χ2v) is 5.12. The predicted octanol–water partition coefficient (Wildman–Crippen LogP) is -0.0981. The average molecular weight is 217 g/mol. The fourth-order valence-corrected chi connectivity index (χ4v) is 1.65. The van der Waals surface area contributed by atoms with Crippen molar-refractivity contribution in [2.45, 2.75) is 13.3 Å². The summed E-state index contributed by atoms with van der Waals surface area (Å²) in [6.07, 6.45) is 2.46. The maximum Gasteiger partial charge on any atom is 0.211 e. The van der Waals surface area contributed by atoms with E-state index in [-0.39, 0.29) is 5.75 Å². The molecule has 1 N–H and O–H groups in total. The fourth-order valence-electron chi connectivity index (χ4n) is 1.03. The molecule has 0 unspecified atom stereocenters. The van der Waals surface area contributed by atoms with E-state index >= 15 is 0 Å². The third kappa shape index (κ3) is 3.47. The Hall–Kier alpha value is -0.880. The first-order valence-electron chi connectivity index (χ1n) is 4.49. The molecule has 1 rings (SSSR count). The molecular formula is C8H15N3O2S. The third-order valence-corrected chi connectivity index (χ3v) is 3.26. The largest absolute Gasteiger partial charge is 0.276 e. The van der Waals surface area contributed by atoms with E-state index in [9.17, 15) is 8.42 Å².